The number of carboxylic acids is 2. The molecular formula is C50H83NO23. The average Bonchev–Trinajstić information content (AvgIpc) is 3.33. The number of allylic oxidation sites excluding steroid dienone is 3. The SMILES string of the molecule is CCC1OC(=O)CC(O)C(C)C(OC2OC(C)C(OC3CC(C)(O)C(O)C(C)O3)C(N(C)C)C2O)C(CC=O)CC(C)C(=O)/C=C/C(C)=C\C1COC1OC(C)C(O)C(OC)C1OC.O=C(O)C(O)C(O)C(=O)O. The Morgan fingerprint density at radius 3 is 1.96 bits per heavy atom. The van der Waals surface area contributed by atoms with Crippen molar-refractivity contribution in [3.05, 3.63) is 23.8 Å². The van der Waals surface area contributed by atoms with Crippen LogP contribution in [0.5, 0.6) is 0 Å². The van der Waals surface area contributed by atoms with E-state index in [1.54, 1.807) is 59.7 Å². The lowest BCUT2D eigenvalue weighted by molar-refractivity contribution is -0.341. The molecule has 4 aliphatic rings. The Labute approximate surface area is 432 Å². The van der Waals surface area contributed by atoms with Gasteiger partial charge in [-0.15, -0.1) is 0 Å². The molecule has 4 rings (SSSR count). The third-order valence-corrected chi connectivity index (χ3v) is 14.2. The minimum absolute atomic E-state index is 0.00788. The number of aliphatic hydroxyl groups is 7. The number of methoxy groups -OCH3 is 2. The zero-order chi connectivity index (χ0) is 56.1. The summed E-state index contributed by atoms with van der Waals surface area (Å²) in [6.07, 6.45) is -13.0. The number of ether oxygens (including phenoxy) is 9. The summed E-state index contributed by atoms with van der Waals surface area (Å²) in [5.41, 5.74) is -0.806. The van der Waals surface area contributed by atoms with Crippen LogP contribution in [0.15, 0.2) is 23.8 Å². The highest BCUT2D eigenvalue weighted by atomic mass is 16.7. The van der Waals surface area contributed by atoms with Gasteiger partial charge < -0.3 is 98.3 Å². The third-order valence-electron chi connectivity index (χ3n) is 14.2. The number of cyclic esters (lactones) is 1. The summed E-state index contributed by atoms with van der Waals surface area (Å²) in [6, 6.07) is -0.748. The molecule has 24 nitrogen and oxygen atoms in total. The van der Waals surface area contributed by atoms with Crippen LogP contribution in [-0.2, 0) is 66.6 Å². The summed E-state index contributed by atoms with van der Waals surface area (Å²) in [5.74, 6) is -7.13. The van der Waals surface area contributed by atoms with Gasteiger partial charge in [0.05, 0.1) is 55.2 Å². The molecule has 0 bridgehead atoms. The van der Waals surface area contributed by atoms with Crippen LogP contribution in [0.2, 0.25) is 0 Å². The van der Waals surface area contributed by atoms with Gasteiger partial charge in [0.25, 0.3) is 0 Å². The molecule has 0 aromatic heterocycles. The van der Waals surface area contributed by atoms with Crippen LogP contribution in [0.25, 0.3) is 0 Å². The van der Waals surface area contributed by atoms with E-state index >= 15 is 0 Å². The number of rotatable bonds is 16. The number of ketones is 1. The highest BCUT2D eigenvalue weighted by Gasteiger charge is 2.52. The molecule has 23 atom stereocenters. The normalized spacial score (nSPS) is 41.9. The number of aliphatic hydroxyl groups excluding tert-OH is 6. The summed E-state index contributed by atoms with van der Waals surface area (Å²) >= 11 is 0. The number of hydrogen-bond acceptors (Lipinski definition) is 22. The maximum atomic E-state index is 13.8. The van der Waals surface area contributed by atoms with Crippen LogP contribution in [0, 0.1) is 23.7 Å². The van der Waals surface area contributed by atoms with E-state index in [0.29, 0.717) is 12.0 Å². The Bertz CT molecular complexity index is 1850. The van der Waals surface area contributed by atoms with E-state index in [1.807, 2.05) is 19.9 Å². The minimum atomic E-state index is -2.27. The first-order valence-corrected chi connectivity index (χ1v) is 25.0. The summed E-state index contributed by atoms with van der Waals surface area (Å²) in [6.45, 7) is 13.6. The number of carbonyl (C=O) groups is 5. The van der Waals surface area contributed by atoms with Crippen LogP contribution in [0.4, 0.5) is 0 Å². The van der Waals surface area contributed by atoms with E-state index in [0.717, 1.165) is 6.29 Å². The van der Waals surface area contributed by atoms with Crippen LogP contribution < -0.4 is 0 Å². The molecule has 0 spiro atoms. The molecule has 0 aliphatic carbocycles. The van der Waals surface area contributed by atoms with E-state index in [9.17, 15) is 49.5 Å². The molecule has 74 heavy (non-hydrogen) atoms. The van der Waals surface area contributed by atoms with Crippen LogP contribution in [0.1, 0.15) is 87.5 Å². The maximum absolute atomic E-state index is 13.8. The van der Waals surface area contributed by atoms with Crippen molar-refractivity contribution in [2.75, 3.05) is 34.9 Å². The number of likely N-dealkylation sites (N-methyl/N-ethyl adjacent to an activating group) is 1. The minimum Gasteiger partial charge on any atom is -0.479 e. The monoisotopic (exact) mass is 1070 g/mol. The summed E-state index contributed by atoms with van der Waals surface area (Å²) < 4.78 is 54.7. The standard InChI is InChI=1S/C46H77NO17.C4H6O6/c1-13-33-30(22-58-45-42(57-12)41(56-11)37(52)26(5)60-45)18-23(2)14-15-31(49)24(3)19-29(16-17-48)39(25(4)32(50)20-34(51)62-33)64-44-38(53)36(47(9)10)40(27(6)61-44)63-35-21-46(8,55)43(54)28(7)59-35;5-1(3(7)8)2(6)4(9)10/h14-15,17-18,24-30,32-33,35-45,50,52-55H,13,16,19-22H2,1-12H3;1-2,5-6H,(H,7,8)(H,9,10)/b15-14+,23-18-;. The van der Waals surface area contributed by atoms with Gasteiger partial charge in [-0.25, -0.2) is 9.59 Å². The van der Waals surface area contributed by atoms with E-state index in [-0.39, 0.29) is 31.7 Å². The van der Waals surface area contributed by atoms with Gasteiger partial charge >= 0.3 is 17.9 Å². The summed E-state index contributed by atoms with van der Waals surface area (Å²) in [5, 5.41) is 88.3. The van der Waals surface area contributed by atoms with Crippen molar-refractivity contribution < 1.29 is 113 Å². The molecular weight excluding hydrogens is 983 g/mol. The predicted octanol–water partition coefficient (Wildman–Crippen LogP) is -0.289. The Balaban J connectivity index is 0.00000130. The molecule has 0 aromatic rings. The number of carboxylic acid groups (broad SMARTS) is 2. The van der Waals surface area contributed by atoms with Crippen molar-refractivity contribution in [3.63, 3.8) is 0 Å². The number of nitrogens with zero attached hydrogens (tertiary/aromatic N) is 1. The number of aldehydes is 1. The molecule has 23 unspecified atom stereocenters. The van der Waals surface area contributed by atoms with Crippen LogP contribution in [0.3, 0.4) is 0 Å². The van der Waals surface area contributed by atoms with Crippen molar-refractivity contribution in [2.24, 2.45) is 23.7 Å². The first-order valence-electron chi connectivity index (χ1n) is 25.0. The second-order valence-corrected chi connectivity index (χ2v) is 20.3. The molecule has 4 aliphatic heterocycles. The van der Waals surface area contributed by atoms with Gasteiger partial charge in [0.15, 0.2) is 36.9 Å². The lowest BCUT2D eigenvalue weighted by atomic mass is 9.79. The van der Waals surface area contributed by atoms with E-state index in [4.69, 9.17) is 63.1 Å². The second kappa shape index (κ2) is 29.4. The molecule has 24 heteroatoms. The Kier molecular flexibility index (Phi) is 25.7. The van der Waals surface area contributed by atoms with Crippen molar-refractivity contribution in [1.82, 2.24) is 4.90 Å². The fraction of sp³-hybridized carbons (Fsp3) is 0.820. The molecule has 426 valence electrons. The van der Waals surface area contributed by atoms with Gasteiger partial charge in [0.2, 0.25) is 0 Å². The first kappa shape index (κ1) is 64.9. The van der Waals surface area contributed by atoms with Gasteiger partial charge in [-0.05, 0) is 73.5 Å². The second-order valence-electron chi connectivity index (χ2n) is 20.3. The lowest BCUT2D eigenvalue weighted by Crippen LogP contribution is -2.65. The fourth-order valence-corrected chi connectivity index (χ4v) is 9.78. The molecule has 0 aromatic carbocycles. The molecule has 3 saturated heterocycles. The third kappa shape index (κ3) is 17.3. The van der Waals surface area contributed by atoms with E-state index in [1.165, 1.54) is 27.2 Å². The van der Waals surface area contributed by atoms with E-state index < -0.39 is 164 Å². The van der Waals surface area contributed by atoms with Gasteiger partial charge in [-0.3, -0.25) is 9.59 Å². The van der Waals surface area contributed by atoms with Gasteiger partial charge in [0.1, 0.15) is 49.0 Å². The van der Waals surface area contributed by atoms with Crippen LogP contribution in [-0.4, -0.2) is 232 Å². The van der Waals surface area contributed by atoms with Crippen LogP contribution >= 0.6 is 0 Å². The smallest absolute Gasteiger partial charge is 0.335 e. The van der Waals surface area contributed by atoms with Crippen molar-refractivity contribution in [1.29, 1.82) is 0 Å². The number of hydrogen-bond donors (Lipinski definition) is 9. The van der Waals surface area contributed by atoms with Crippen molar-refractivity contribution in [3.8, 4) is 0 Å². The fourth-order valence-electron chi connectivity index (χ4n) is 9.78. The highest BCUT2D eigenvalue weighted by molar-refractivity contribution is 5.91. The molecule has 3 fully saturated rings. The maximum Gasteiger partial charge on any atom is 0.335 e. The predicted molar refractivity (Wildman–Crippen MR) is 258 cm³/mol. The molecule has 0 amide bonds. The quantitative estimate of drug-likeness (QED) is 0.0708. The number of aliphatic carboxylic acids is 2. The molecule has 0 saturated carbocycles. The van der Waals surface area contributed by atoms with Gasteiger partial charge in [0, 0.05) is 44.8 Å². The molecule has 4 heterocycles. The lowest BCUT2D eigenvalue weighted by Gasteiger charge is -2.50. The molecule has 0 radical (unpaired) electrons. The average molecular weight is 1070 g/mol. The largest absolute Gasteiger partial charge is 0.479 e. The summed E-state index contributed by atoms with van der Waals surface area (Å²) in [7, 11) is 6.43. The van der Waals surface area contributed by atoms with Crippen molar-refractivity contribution >= 4 is 30.0 Å². The summed E-state index contributed by atoms with van der Waals surface area (Å²) in [4.78, 5) is 61.1. The van der Waals surface area contributed by atoms with E-state index in [2.05, 4.69) is 0 Å². The first-order chi connectivity index (χ1) is 34.5. The molecule has 9 N–H and O–H groups in total. The highest BCUT2D eigenvalue weighted by Crippen LogP contribution is 2.37. The zero-order valence-corrected chi connectivity index (χ0v) is 44.4. The van der Waals surface area contributed by atoms with Crippen molar-refractivity contribution in [2.45, 2.75) is 203 Å². The van der Waals surface area contributed by atoms with Gasteiger partial charge in [-0.1, -0.05) is 38.5 Å². The Morgan fingerprint density at radius 2 is 1.43 bits per heavy atom. The zero-order valence-electron chi connectivity index (χ0n) is 44.4. The van der Waals surface area contributed by atoms with Gasteiger partial charge in [-0.2, -0.15) is 0 Å². The number of esters is 1. The Morgan fingerprint density at radius 1 is 0.838 bits per heavy atom. The topological polar surface area (TPSA) is 354 Å². The Hall–Kier alpha value is -3.41. The number of carbonyl (C=O) groups excluding carboxylic acids is 3.